The summed E-state index contributed by atoms with van der Waals surface area (Å²) in [5, 5.41) is 0. The van der Waals surface area contributed by atoms with Crippen molar-refractivity contribution in [1.29, 1.82) is 0 Å². The predicted octanol–water partition coefficient (Wildman–Crippen LogP) is 0.468. The fourth-order valence-corrected chi connectivity index (χ4v) is 1.18. The molecule has 0 unspecified atom stereocenters. The highest BCUT2D eigenvalue weighted by Gasteiger charge is 2.14. The second-order valence-corrected chi connectivity index (χ2v) is 3.99. The Morgan fingerprint density at radius 1 is 1.20 bits per heavy atom. The molecule has 5 heteroatoms. The molecule has 0 aromatic rings. The van der Waals surface area contributed by atoms with Crippen molar-refractivity contribution in [2.45, 2.75) is 12.8 Å². The first-order chi connectivity index (χ1) is 6.86. The lowest BCUT2D eigenvalue weighted by atomic mass is 10.4. The summed E-state index contributed by atoms with van der Waals surface area (Å²) in [4.78, 5) is 26.0. The van der Waals surface area contributed by atoms with E-state index in [0.717, 1.165) is 19.4 Å². The predicted molar refractivity (Wildman–Crippen MR) is 59.6 cm³/mol. The fraction of sp³-hybridized carbons (Fsp3) is 0.800. The molecular weight excluding hydrogens is 194 g/mol. The van der Waals surface area contributed by atoms with Crippen molar-refractivity contribution in [2.24, 2.45) is 0 Å². The van der Waals surface area contributed by atoms with Crippen molar-refractivity contribution in [3.8, 4) is 0 Å². The molecule has 1 saturated heterocycles. The normalized spacial score (nSPS) is 14.5. The Morgan fingerprint density at radius 3 is 1.73 bits per heavy atom. The van der Waals surface area contributed by atoms with Crippen molar-refractivity contribution >= 4 is 11.9 Å². The van der Waals surface area contributed by atoms with Gasteiger partial charge in [0.25, 0.3) is 0 Å². The monoisotopic (exact) mass is 215 g/mol. The van der Waals surface area contributed by atoms with Crippen LogP contribution in [-0.2, 0) is 4.79 Å². The molecular formula is C10H21N3O2. The van der Waals surface area contributed by atoms with Crippen LogP contribution >= 0.6 is 0 Å². The summed E-state index contributed by atoms with van der Waals surface area (Å²) in [5.74, 6) is 0.292. The first-order valence-corrected chi connectivity index (χ1v) is 4.98. The number of likely N-dealkylation sites (tertiary alicyclic amines) is 1. The van der Waals surface area contributed by atoms with Crippen LogP contribution in [0.2, 0.25) is 0 Å². The SMILES string of the molecule is CN(C)C(=O)N(C)C.CN1CCCC1=O. The number of nitrogens with zero attached hydrogens (tertiary/aromatic N) is 3. The Labute approximate surface area is 91.6 Å². The molecule has 0 bridgehead atoms. The van der Waals surface area contributed by atoms with Crippen LogP contribution in [0, 0.1) is 0 Å². The van der Waals surface area contributed by atoms with E-state index >= 15 is 0 Å². The summed E-state index contributed by atoms with van der Waals surface area (Å²) in [6, 6.07) is 0.0185. The molecule has 1 aliphatic rings. The van der Waals surface area contributed by atoms with Crippen LogP contribution in [0.3, 0.4) is 0 Å². The Balaban J connectivity index is 0.000000262. The molecule has 1 aliphatic heterocycles. The van der Waals surface area contributed by atoms with Gasteiger partial charge >= 0.3 is 6.03 Å². The van der Waals surface area contributed by atoms with Crippen LogP contribution < -0.4 is 0 Å². The Morgan fingerprint density at radius 2 is 1.67 bits per heavy atom. The summed E-state index contributed by atoms with van der Waals surface area (Å²) in [6.07, 6.45) is 1.81. The lowest BCUT2D eigenvalue weighted by molar-refractivity contribution is -0.126. The van der Waals surface area contributed by atoms with E-state index < -0.39 is 0 Å². The third-order valence-electron chi connectivity index (χ3n) is 2.08. The molecule has 1 heterocycles. The van der Waals surface area contributed by atoms with E-state index in [9.17, 15) is 9.59 Å². The summed E-state index contributed by atoms with van der Waals surface area (Å²) < 4.78 is 0. The lowest BCUT2D eigenvalue weighted by Crippen LogP contribution is -2.33. The van der Waals surface area contributed by atoms with Gasteiger partial charge in [0.05, 0.1) is 0 Å². The zero-order chi connectivity index (χ0) is 12.0. The molecule has 0 radical (unpaired) electrons. The molecule has 0 aliphatic carbocycles. The van der Waals surface area contributed by atoms with Crippen LogP contribution in [0.1, 0.15) is 12.8 Å². The van der Waals surface area contributed by atoms with Gasteiger partial charge in [-0.15, -0.1) is 0 Å². The number of amides is 3. The first-order valence-electron chi connectivity index (χ1n) is 4.98. The van der Waals surface area contributed by atoms with Crippen LogP contribution in [0.4, 0.5) is 4.79 Å². The number of carbonyl (C=O) groups is 2. The van der Waals surface area contributed by atoms with Crippen molar-refractivity contribution in [3.63, 3.8) is 0 Å². The minimum Gasteiger partial charge on any atom is -0.346 e. The van der Waals surface area contributed by atoms with E-state index in [2.05, 4.69) is 0 Å². The van der Waals surface area contributed by atoms with Gasteiger partial charge in [0.2, 0.25) is 5.91 Å². The average molecular weight is 215 g/mol. The highest BCUT2D eigenvalue weighted by Crippen LogP contribution is 2.04. The third kappa shape index (κ3) is 5.24. The molecule has 3 amide bonds. The molecule has 0 spiro atoms. The van der Waals surface area contributed by atoms with Gasteiger partial charge in [0.15, 0.2) is 0 Å². The largest absolute Gasteiger partial charge is 0.346 e. The molecule has 0 aromatic carbocycles. The highest BCUT2D eigenvalue weighted by atomic mass is 16.2. The maximum atomic E-state index is 10.7. The quantitative estimate of drug-likeness (QED) is 0.589. The Bertz CT molecular complexity index is 217. The van der Waals surface area contributed by atoms with E-state index in [4.69, 9.17) is 0 Å². The molecule has 0 aromatic heterocycles. The smallest absolute Gasteiger partial charge is 0.318 e. The van der Waals surface area contributed by atoms with Crippen molar-refractivity contribution in [2.75, 3.05) is 41.8 Å². The van der Waals surface area contributed by atoms with Crippen LogP contribution in [0.25, 0.3) is 0 Å². The van der Waals surface area contributed by atoms with Gasteiger partial charge in [0.1, 0.15) is 0 Å². The van der Waals surface area contributed by atoms with E-state index in [1.54, 1.807) is 33.1 Å². The number of rotatable bonds is 0. The highest BCUT2D eigenvalue weighted by molar-refractivity contribution is 5.77. The van der Waals surface area contributed by atoms with E-state index in [0.29, 0.717) is 5.91 Å². The summed E-state index contributed by atoms with van der Waals surface area (Å²) in [5.41, 5.74) is 0. The molecule has 1 rings (SSSR count). The standard InChI is InChI=1S/C5H12N2O.C5H9NO/c1-6(2)5(8)7(3)4;1-6-4-2-3-5(6)7/h1-4H3;2-4H2,1H3. The van der Waals surface area contributed by atoms with Crippen LogP contribution in [0.15, 0.2) is 0 Å². The van der Waals surface area contributed by atoms with Gasteiger partial charge < -0.3 is 14.7 Å². The minimum atomic E-state index is 0.0185. The molecule has 88 valence electrons. The summed E-state index contributed by atoms with van der Waals surface area (Å²) in [6.45, 7) is 0.957. The van der Waals surface area contributed by atoms with Gasteiger partial charge in [-0.25, -0.2) is 4.79 Å². The number of carbonyl (C=O) groups excluding carboxylic acids is 2. The van der Waals surface area contributed by atoms with Crippen molar-refractivity contribution < 1.29 is 9.59 Å². The van der Waals surface area contributed by atoms with Gasteiger partial charge in [-0.1, -0.05) is 0 Å². The Hall–Kier alpha value is -1.26. The summed E-state index contributed by atoms with van der Waals surface area (Å²) >= 11 is 0. The first kappa shape index (κ1) is 13.7. The van der Waals surface area contributed by atoms with Gasteiger partial charge in [-0.2, -0.15) is 0 Å². The zero-order valence-corrected chi connectivity index (χ0v) is 10.3. The average Bonchev–Trinajstić information content (AvgIpc) is 2.50. The molecule has 15 heavy (non-hydrogen) atoms. The number of urea groups is 1. The van der Waals surface area contributed by atoms with Gasteiger partial charge in [0, 0.05) is 48.2 Å². The van der Waals surface area contributed by atoms with E-state index in [1.807, 2.05) is 7.05 Å². The maximum Gasteiger partial charge on any atom is 0.318 e. The molecule has 0 N–H and O–H groups in total. The van der Waals surface area contributed by atoms with Crippen molar-refractivity contribution in [3.05, 3.63) is 0 Å². The second kappa shape index (κ2) is 6.27. The van der Waals surface area contributed by atoms with E-state index in [1.165, 1.54) is 9.80 Å². The third-order valence-corrected chi connectivity index (χ3v) is 2.08. The minimum absolute atomic E-state index is 0.0185. The fourth-order valence-electron chi connectivity index (χ4n) is 1.18. The molecule has 5 nitrogen and oxygen atoms in total. The number of hydrogen-bond acceptors (Lipinski definition) is 2. The van der Waals surface area contributed by atoms with Gasteiger partial charge in [-0.05, 0) is 6.42 Å². The van der Waals surface area contributed by atoms with E-state index in [-0.39, 0.29) is 6.03 Å². The van der Waals surface area contributed by atoms with Crippen LogP contribution in [-0.4, -0.2) is 68.4 Å². The van der Waals surface area contributed by atoms with Crippen LogP contribution in [0.5, 0.6) is 0 Å². The molecule has 0 atom stereocenters. The molecule has 0 saturated carbocycles. The maximum absolute atomic E-state index is 10.7. The summed E-state index contributed by atoms with van der Waals surface area (Å²) in [7, 11) is 8.74. The lowest BCUT2D eigenvalue weighted by Gasteiger charge is -2.16. The van der Waals surface area contributed by atoms with Crippen molar-refractivity contribution in [1.82, 2.24) is 14.7 Å². The second-order valence-electron chi connectivity index (χ2n) is 3.99. The molecule has 1 fully saturated rings. The van der Waals surface area contributed by atoms with Gasteiger partial charge in [-0.3, -0.25) is 4.79 Å². The number of hydrogen-bond donors (Lipinski definition) is 0. The Kier molecular flexibility index (Phi) is 5.74. The zero-order valence-electron chi connectivity index (χ0n) is 10.3. The topological polar surface area (TPSA) is 43.9 Å².